The molecule has 0 fully saturated rings. The number of anilines is 3. The number of imidazole rings is 1. The minimum atomic E-state index is -0.423. The van der Waals surface area contributed by atoms with Gasteiger partial charge in [-0.3, -0.25) is 19.4 Å². The lowest BCUT2D eigenvalue weighted by Gasteiger charge is -2.20. The van der Waals surface area contributed by atoms with Crippen molar-refractivity contribution in [3.63, 3.8) is 0 Å². The first-order valence-electron chi connectivity index (χ1n) is 14.0. The smallest absolute Gasteiger partial charge is 0.291 e. The number of aryl methyl sites for hydroxylation is 1. The molecule has 4 N–H and O–H groups in total. The van der Waals surface area contributed by atoms with Crippen LogP contribution in [0, 0.1) is 0 Å². The molecule has 3 aromatic rings. The monoisotopic (exact) mass is 599 g/mol. The quantitative estimate of drug-likeness (QED) is 0.110. The number of carbonyl (C=O) groups is 3. The Morgan fingerprint density at radius 3 is 2.59 bits per heavy atom. The summed E-state index contributed by atoms with van der Waals surface area (Å²) in [6.45, 7) is 6.13. The van der Waals surface area contributed by atoms with Crippen molar-refractivity contribution in [1.82, 2.24) is 14.5 Å². The Hall–Kier alpha value is -5.39. The second-order valence-electron chi connectivity index (χ2n) is 10.3. The van der Waals surface area contributed by atoms with Gasteiger partial charge in [0.2, 0.25) is 11.7 Å². The minimum absolute atomic E-state index is 0.0424. The highest BCUT2D eigenvalue weighted by molar-refractivity contribution is 6.02. The molecule has 2 aromatic carbocycles. The Morgan fingerprint density at radius 1 is 1.18 bits per heavy atom. The van der Waals surface area contributed by atoms with Crippen LogP contribution in [0.25, 0.3) is 0 Å². The first-order valence-corrected chi connectivity index (χ1v) is 14.0. The third kappa shape index (κ3) is 7.51. The maximum atomic E-state index is 12.6. The summed E-state index contributed by atoms with van der Waals surface area (Å²) < 4.78 is 12.9. The summed E-state index contributed by atoms with van der Waals surface area (Å²) >= 11 is 0. The van der Waals surface area contributed by atoms with Crippen molar-refractivity contribution >= 4 is 47.2 Å². The molecule has 1 aliphatic heterocycles. The van der Waals surface area contributed by atoms with E-state index in [0.29, 0.717) is 40.5 Å². The fraction of sp³-hybridized carbons (Fsp3) is 0.281. The van der Waals surface area contributed by atoms with Crippen LogP contribution >= 0.6 is 0 Å². The van der Waals surface area contributed by atoms with Crippen LogP contribution in [0.4, 0.5) is 22.9 Å². The van der Waals surface area contributed by atoms with Gasteiger partial charge in [-0.05, 0) is 55.7 Å². The highest BCUT2D eigenvalue weighted by Gasteiger charge is 2.23. The average molecular weight is 600 g/mol. The van der Waals surface area contributed by atoms with Crippen LogP contribution in [-0.2, 0) is 11.8 Å². The molecule has 0 spiro atoms. The van der Waals surface area contributed by atoms with Crippen molar-refractivity contribution in [2.45, 2.75) is 32.2 Å². The lowest BCUT2D eigenvalue weighted by molar-refractivity contribution is -0.116. The van der Waals surface area contributed by atoms with Crippen molar-refractivity contribution in [2.24, 2.45) is 12.0 Å². The predicted molar refractivity (Wildman–Crippen MR) is 171 cm³/mol. The number of amides is 2. The summed E-state index contributed by atoms with van der Waals surface area (Å²) in [5, 5.41) is 5.46. The van der Waals surface area contributed by atoms with Gasteiger partial charge in [0.25, 0.3) is 5.91 Å². The van der Waals surface area contributed by atoms with Crippen molar-refractivity contribution in [3.8, 4) is 11.5 Å². The van der Waals surface area contributed by atoms with E-state index in [9.17, 15) is 14.4 Å². The Labute approximate surface area is 256 Å². The highest BCUT2D eigenvalue weighted by atomic mass is 16.5. The largest absolute Gasteiger partial charge is 0.493 e. The van der Waals surface area contributed by atoms with Gasteiger partial charge in [0.05, 0.1) is 25.4 Å². The van der Waals surface area contributed by atoms with Gasteiger partial charge in [0.15, 0.2) is 23.6 Å². The fourth-order valence-electron chi connectivity index (χ4n) is 4.69. The number of methoxy groups -OCH3 is 1. The van der Waals surface area contributed by atoms with E-state index in [1.165, 1.54) is 11.7 Å². The van der Waals surface area contributed by atoms with Crippen LogP contribution in [0.3, 0.4) is 0 Å². The lowest BCUT2D eigenvalue weighted by atomic mass is 10.1. The van der Waals surface area contributed by atoms with Crippen LogP contribution in [0.5, 0.6) is 11.5 Å². The zero-order valence-electron chi connectivity index (χ0n) is 25.3. The van der Waals surface area contributed by atoms with Gasteiger partial charge in [0, 0.05) is 61.6 Å². The van der Waals surface area contributed by atoms with Crippen LogP contribution in [0.2, 0.25) is 0 Å². The number of aromatic nitrogens is 2. The Balaban J connectivity index is 1.32. The molecule has 4 rings (SSSR count). The molecule has 44 heavy (non-hydrogen) atoms. The fourth-order valence-corrected chi connectivity index (χ4v) is 4.69. The SMILES string of the molecule is C=CC1=C(C)N(C)C(C=Nc2cc(OCCCC(=O)Nc3cn(C)c(C(=O)Nc4ccc(N)cc4)n3)c(OC)cc2C=O)C1. The molecule has 230 valence electrons. The second kappa shape index (κ2) is 14.2. The first kappa shape index (κ1) is 31.5. The standard InChI is InChI=1S/C32H37N7O5/c1-6-21-14-25(39(4)20(21)2)17-34-26-16-28(27(43-5)15-22(26)19-40)44-13-7-8-30(41)36-29-18-38(3)31(37-29)32(42)35-24-11-9-23(33)10-12-24/h6,9-12,15-19,25H,1,7-8,13-14,33H2,2-5H3,(H,35,42)(H,36,41). The number of allylic oxidation sites excluding steroid dienone is 2. The van der Waals surface area contributed by atoms with E-state index in [2.05, 4.69) is 32.1 Å². The molecule has 2 amide bonds. The molecule has 0 bridgehead atoms. The number of hydrogen-bond acceptors (Lipinski definition) is 9. The Kier molecular flexibility index (Phi) is 10.2. The molecule has 0 saturated carbocycles. The first-order chi connectivity index (χ1) is 21.1. The normalized spacial score (nSPS) is 14.5. The second-order valence-corrected chi connectivity index (χ2v) is 10.3. The summed E-state index contributed by atoms with van der Waals surface area (Å²) in [7, 11) is 5.15. The van der Waals surface area contributed by atoms with Gasteiger partial charge in [-0.15, -0.1) is 0 Å². The van der Waals surface area contributed by atoms with Gasteiger partial charge in [-0.2, -0.15) is 0 Å². The number of nitrogens with two attached hydrogens (primary N) is 1. The van der Waals surface area contributed by atoms with Crippen LogP contribution in [0.15, 0.2) is 71.5 Å². The van der Waals surface area contributed by atoms with Gasteiger partial charge >= 0.3 is 0 Å². The summed E-state index contributed by atoms with van der Waals surface area (Å²) in [5.74, 6) is 0.485. The number of aldehydes is 1. The Bertz CT molecular complexity index is 1610. The van der Waals surface area contributed by atoms with Crippen LogP contribution in [-0.4, -0.2) is 65.6 Å². The zero-order valence-corrected chi connectivity index (χ0v) is 25.3. The molecule has 12 nitrogen and oxygen atoms in total. The summed E-state index contributed by atoms with van der Waals surface area (Å²) in [6.07, 6.45) is 7.28. The number of nitrogen functional groups attached to an aromatic ring is 1. The van der Waals surface area contributed by atoms with Crippen LogP contribution < -0.4 is 25.8 Å². The van der Waals surface area contributed by atoms with E-state index in [1.807, 2.05) is 26.3 Å². The molecule has 1 aromatic heterocycles. The minimum Gasteiger partial charge on any atom is -0.493 e. The van der Waals surface area contributed by atoms with Crippen molar-refractivity contribution in [1.29, 1.82) is 0 Å². The number of hydrogen-bond donors (Lipinski definition) is 3. The van der Waals surface area contributed by atoms with Crippen LogP contribution in [0.1, 0.15) is 47.2 Å². The highest BCUT2D eigenvalue weighted by Crippen LogP contribution is 2.35. The average Bonchev–Trinajstić information content (AvgIpc) is 3.52. The predicted octanol–water partition coefficient (Wildman–Crippen LogP) is 4.74. The third-order valence-electron chi connectivity index (χ3n) is 7.31. The van der Waals surface area contributed by atoms with E-state index in [1.54, 1.807) is 49.6 Å². The van der Waals surface area contributed by atoms with Crippen molar-refractivity contribution in [2.75, 3.05) is 37.1 Å². The number of nitrogens with zero attached hydrogens (tertiary/aromatic N) is 4. The molecule has 1 atom stereocenters. The van der Waals surface area contributed by atoms with Gasteiger partial charge < -0.3 is 35.3 Å². The summed E-state index contributed by atoms with van der Waals surface area (Å²) in [4.78, 5) is 48.0. The number of ether oxygens (including phenoxy) is 2. The van der Waals surface area contributed by atoms with E-state index < -0.39 is 5.91 Å². The summed E-state index contributed by atoms with van der Waals surface area (Å²) in [6, 6.07) is 10.0. The molecule has 1 unspecified atom stereocenters. The lowest BCUT2D eigenvalue weighted by Crippen LogP contribution is -2.26. The molecule has 0 radical (unpaired) electrons. The van der Waals surface area contributed by atoms with Crippen molar-refractivity contribution < 1.29 is 23.9 Å². The third-order valence-corrected chi connectivity index (χ3v) is 7.31. The Morgan fingerprint density at radius 2 is 1.93 bits per heavy atom. The number of benzene rings is 2. The maximum absolute atomic E-state index is 12.6. The van der Waals surface area contributed by atoms with Gasteiger partial charge in [-0.1, -0.05) is 12.7 Å². The van der Waals surface area contributed by atoms with E-state index in [4.69, 9.17) is 15.2 Å². The molecule has 2 heterocycles. The molecular weight excluding hydrogens is 562 g/mol. The van der Waals surface area contributed by atoms with Gasteiger partial charge in [0.1, 0.15) is 0 Å². The molecule has 12 heteroatoms. The van der Waals surface area contributed by atoms with E-state index in [-0.39, 0.29) is 36.6 Å². The summed E-state index contributed by atoms with van der Waals surface area (Å²) in [5.41, 5.74) is 9.97. The maximum Gasteiger partial charge on any atom is 0.291 e. The molecule has 1 aliphatic rings. The number of aliphatic imine (C=N–C) groups is 1. The number of nitrogens with one attached hydrogen (secondary N) is 2. The molecular formula is C32H37N7O5. The zero-order chi connectivity index (χ0) is 31.8. The molecule has 0 saturated heterocycles. The topological polar surface area (TPSA) is 153 Å². The number of rotatable bonds is 13. The van der Waals surface area contributed by atoms with Crippen molar-refractivity contribution in [3.05, 3.63) is 77.9 Å². The number of carbonyl (C=O) groups excluding carboxylic acids is 3. The van der Waals surface area contributed by atoms with Gasteiger partial charge in [-0.25, -0.2) is 4.98 Å². The van der Waals surface area contributed by atoms with E-state index in [0.717, 1.165) is 24.0 Å². The molecule has 0 aliphatic carbocycles. The van der Waals surface area contributed by atoms with E-state index >= 15 is 0 Å².